The molecular formula is C9H20N2. The first-order valence-electron chi connectivity index (χ1n) is 4.57. The predicted octanol–water partition coefficient (Wildman–Crippen LogP) is 0.921. The summed E-state index contributed by atoms with van der Waals surface area (Å²) in [5.41, 5.74) is 5.68. The van der Waals surface area contributed by atoms with Crippen LogP contribution in [0.4, 0.5) is 0 Å². The Hall–Kier alpha value is -0.0800. The van der Waals surface area contributed by atoms with Crippen LogP contribution in [0, 0.1) is 11.8 Å². The van der Waals surface area contributed by atoms with Crippen LogP contribution in [0.2, 0.25) is 0 Å². The fourth-order valence-electron chi connectivity index (χ4n) is 1.59. The molecule has 0 aromatic rings. The second kappa shape index (κ2) is 3.55. The van der Waals surface area contributed by atoms with E-state index >= 15 is 0 Å². The third-order valence-corrected chi connectivity index (χ3v) is 2.47. The highest BCUT2D eigenvalue weighted by Crippen LogP contribution is 2.22. The quantitative estimate of drug-likeness (QED) is 0.658. The van der Waals surface area contributed by atoms with Gasteiger partial charge in [-0.05, 0) is 18.8 Å². The van der Waals surface area contributed by atoms with Gasteiger partial charge in [0, 0.05) is 25.7 Å². The highest BCUT2D eigenvalue weighted by Gasteiger charge is 2.28. The van der Waals surface area contributed by atoms with Gasteiger partial charge in [-0.1, -0.05) is 13.8 Å². The van der Waals surface area contributed by atoms with Crippen molar-refractivity contribution in [3.8, 4) is 0 Å². The Bertz CT molecular complexity index is 115. The Morgan fingerprint density at radius 3 is 2.27 bits per heavy atom. The lowest BCUT2D eigenvalue weighted by Gasteiger charge is -2.42. The molecule has 0 aromatic carbocycles. The number of nitrogens with two attached hydrogens (primary N) is 1. The molecule has 0 aromatic heterocycles. The van der Waals surface area contributed by atoms with Crippen LogP contribution in [0.15, 0.2) is 0 Å². The van der Waals surface area contributed by atoms with Crippen LogP contribution in [0.3, 0.4) is 0 Å². The van der Waals surface area contributed by atoms with Crippen molar-refractivity contribution in [2.75, 3.05) is 19.6 Å². The molecule has 0 amide bonds. The summed E-state index contributed by atoms with van der Waals surface area (Å²) >= 11 is 0. The van der Waals surface area contributed by atoms with Gasteiger partial charge in [0.1, 0.15) is 0 Å². The summed E-state index contributed by atoms with van der Waals surface area (Å²) in [6.07, 6.45) is 0. The minimum atomic E-state index is 0.336. The van der Waals surface area contributed by atoms with Crippen molar-refractivity contribution in [3.05, 3.63) is 0 Å². The maximum absolute atomic E-state index is 5.68. The molecule has 1 aliphatic rings. The van der Waals surface area contributed by atoms with Gasteiger partial charge < -0.3 is 10.6 Å². The summed E-state index contributed by atoms with van der Waals surface area (Å²) in [4.78, 5) is 2.44. The highest BCUT2D eigenvalue weighted by molar-refractivity contribution is 4.83. The highest BCUT2D eigenvalue weighted by atomic mass is 15.2. The molecule has 66 valence electrons. The molecule has 1 atom stereocenters. The minimum absolute atomic E-state index is 0.336. The molecule has 0 spiro atoms. The minimum Gasteiger partial charge on any atom is -0.327 e. The average molecular weight is 156 g/mol. The summed E-state index contributed by atoms with van der Waals surface area (Å²) in [5, 5.41) is 0. The van der Waals surface area contributed by atoms with E-state index < -0.39 is 0 Å². The lowest BCUT2D eigenvalue weighted by molar-refractivity contribution is 0.0646. The van der Waals surface area contributed by atoms with Crippen molar-refractivity contribution in [1.29, 1.82) is 0 Å². The van der Waals surface area contributed by atoms with Gasteiger partial charge in [-0.15, -0.1) is 0 Å². The molecule has 2 nitrogen and oxygen atoms in total. The third-order valence-electron chi connectivity index (χ3n) is 2.47. The normalized spacial score (nSPS) is 23.7. The lowest BCUT2D eigenvalue weighted by Crippen LogP contribution is -2.52. The van der Waals surface area contributed by atoms with Gasteiger partial charge in [-0.3, -0.25) is 0 Å². The topological polar surface area (TPSA) is 29.3 Å². The van der Waals surface area contributed by atoms with Crippen molar-refractivity contribution in [1.82, 2.24) is 4.90 Å². The third kappa shape index (κ3) is 2.46. The molecule has 0 saturated carbocycles. The first-order valence-corrected chi connectivity index (χ1v) is 4.57. The zero-order valence-corrected chi connectivity index (χ0v) is 7.88. The molecule has 2 N–H and O–H groups in total. The summed E-state index contributed by atoms with van der Waals surface area (Å²) in [5.74, 6) is 1.77. The smallest absolute Gasteiger partial charge is 0.0139 e. The monoisotopic (exact) mass is 156 g/mol. The van der Waals surface area contributed by atoms with Crippen LogP contribution in [-0.2, 0) is 0 Å². The Morgan fingerprint density at radius 2 is 1.91 bits per heavy atom. The average Bonchev–Trinajstić information content (AvgIpc) is 1.75. The van der Waals surface area contributed by atoms with E-state index in [1.165, 1.54) is 13.1 Å². The largest absolute Gasteiger partial charge is 0.327 e. The molecule has 1 unspecified atom stereocenters. The van der Waals surface area contributed by atoms with Gasteiger partial charge in [-0.2, -0.15) is 0 Å². The summed E-state index contributed by atoms with van der Waals surface area (Å²) in [7, 11) is 0. The number of hydrogen-bond donors (Lipinski definition) is 1. The van der Waals surface area contributed by atoms with E-state index in [0.717, 1.165) is 18.4 Å². The maximum atomic E-state index is 5.68. The fourth-order valence-corrected chi connectivity index (χ4v) is 1.59. The second-order valence-corrected chi connectivity index (χ2v) is 4.20. The van der Waals surface area contributed by atoms with Crippen LogP contribution in [-0.4, -0.2) is 30.6 Å². The van der Waals surface area contributed by atoms with Crippen LogP contribution in [0.5, 0.6) is 0 Å². The van der Waals surface area contributed by atoms with E-state index in [1.54, 1.807) is 0 Å². The van der Waals surface area contributed by atoms with Gasteiger partial charge in [0.2, 0.25) is 0 Å². The number of likely N-dealkylation sites (tertiary alicyclic amines) is 1. The predicted molar refractivity (Wildman–Crippen MR) is 48.4 cm³/mol. The Balaban J connectivity index is 2.09. The van der Waals surface area contributed by atoms with Crippen molar-refractivity contribution >= 4 is 0 Å². The molecule has 1 fully saturated rings. The van der Waals surface area contributed by atoms with Crippen molar-refractivity contribution in [2.45, 2.75) is 26.8 Å². The summed E-state index contributed by atoms with van der Waals surface area (Å²) < 4.78 is 0. The van der Waals surface area contributed by atoms with Crippen LogP contribution >= 0.6 is 0 Å². The van der Waals surface area contributed by atoms with Crippen molar-refractivity contribution < 1.29 is 0 Å². The molecule has 1 aliphatic heterocycles. The van der Waals surface area contributed by atoms with E-state index in [0.29, 0.717) is 6.04 Å². The van der Waals surface area contributed by atoms with E-state index in [1.807, 2.05) is 0 Å². The molecule has 0 radical (unpaired) electrons. The molecule has 1 heterocycles. The Kier molecular flexibility index (Phi) is 2.90. The van der Waals surface area contributed by atoms with Crippen LogP contribution < -0.4 is 5.73 Å². The van der Waals surface area contributed by atoms with Crippen LogP contribution in [0.25, 0.3) is 0 Å². The molecule has 1 rings (SSSR count). The van der Waals surface area contributed by atoms with E-state index in [4.69, 9.17) is 5.73 Å². The van der Waals surface area contributed by atoms with Crippen molar-refractivity contribution in [3.63, 3.8) is 0 Å². The van der Waals surface area contributed by atoms with Crippen molar-refractivity contribution in [2.24, 2.45) is 17.6 Å². The van der Waals surface area contributed by atoms with Gasteiger partial charge >= 0.3 is 0 Å². The van der Waals surface area contributed by atoms with Crippen LogP contribution in [0.1, 0.15) is 20.8 Å². The molecule has 11 heavy (non-hydrogen) atoms. The molecule has 0 aliphatic carbocycles. The van der Waals surface area contributed by atoms with Gasteiger partial charge in [0.05, 0.1) is 0 Å². The summed E-state index contributed by atoms with van der Waals surface area (Å²) in [6.45, 7) is 10.3. The first kappa shape index (κ1) is 9.01. The molecule has 0 bridgehead atoms. The Morgan fingerprint density at radius 1 is 1.36 bits per heavy atom. The number of rotatable bonds is 3. The zero-order valence-electron chi connectivity index (χ0n) is 7.88. The molecule has 1 saturated heterocycles. The Labute approximate surface area is 69.8 Å². The van der Waals surface area contributed by atoms with Gasteiger partial charge in [-0.25, -0.2) is 0 Å². The maximum Gasteiger partial charge on any atom is 0.0139 e. The molecule has 2 heteroatoms. The SMILES string of the molecule is CC(N)CN1CC(C(C)C)C1. The number of hydrogen-bond acceptors (Lipinski definition) is 2. The van der Waals surface area contributed by atoms with Gasteiger partial charge in [0.15, 0.2) is 0 Å². The zero-order chi connectivity index (χ0) is 8.43. The first-order chi connectivity index (χ1) is 5.09. The standard InChI is InChI=1S/C9H20N2/c1-7(2)9-5-11(6-9)4-8(3)10/h7-9H,4-6,10H2,1-3H3. The van der Waals surface area contributed by atoms with E-state index in [-0.39, 0.29) is 0 Å². The number of nitrogens with zero attached hydrogens (tertiary/aromatic N) is 1. The summed E-state index contributed by atoms with van der Waals surface area (Å²) in [6, 6.07) is 0.336. The van der Waals surface area contributed by atoms with E-state index in [2.05, 4.69) is 25.7 Å². The fraction of sp³-hybridized carbons (Fsp3) is 1.00. The molecular weight excluding hydrogens is 136 g/mol. The van der Waals surface area contributed by atoms with E-state index in [9.17, 15) is 0 Å². The van der Waals surface area contributed by atoms with Gasteiger partial charge in [0.25, 0.3) is 0 Å². The second-order valence-electron chi connectivity index (χ2n) is 4.20. The lowest BCUT2D eigenvalue weighted by atomic mass is 9.88.